The average molecular weight is 444 g/mol. The molecule has 1 amide bonds. The molecule has 0 aliphatic carbocycles. The topological polar surface area (TPSA) is 86.7 Å². The van der Waals surface area contributed by atoms with Crippen LogP contribution in [0.4, 0.5) is 0 Å². The molecule has 1 aromatic rings. The van der Waals surface area contributed by atoms with E-state index in [1.54, 1.807) is 0 Å². The number of hydrogen-bond acceptors (Lipinski definition) is 4. The van der Waals surface area contributed by atoms with Crippen molar-refractivity contribution >= 4 is 15.9 Å². The zero-order valence-electron chi connectivity index (χ0n) is 15.6. The van der Waals surface area contributed by atoms with Gasteiger partial charge in [0.05, 0.1) is 0 Å². The normalized spacial score (nSPS) is 11.2. The smallest absolute Gasteiger partial charge is 0.329 e. The van der Waals surface area contributed by atoms with Gasteiger partial charge in [0.15, 0.2) is 4.75 Å². The Bertz CT molecular complexity index is 636. The van der Waals surface area contributed by atoms with Crippen LogP contribution < -0.4 is 5.48 Å². The predicted octanol–water partition coefficient (Wildman–Crippen LogP) is 1.98. The minimum absolute atomic E-state index is 0. The molecule has 0 bridgehead atoms. The van der Waals surface area contributed by atoms with E-state index in [0.717, 1.165) is 4.31 Å². The van der Waals surface area contributed by atoms with Crippen LogP contribution in [0.2, 0.25) is 0 Å². The first kappa shape index (κ1) is 26.9. The first-order valence-electron chi connectivity index (χ1n) is 7.44. The van der Waals surface area contributed by atoms with Gasteiger partial charge in [-0.25, -0.2) is 13.9 Å². The number of sulfonamides is 1. The van der Waals surface area contributed by atoms with Crippen molar-refractivity contribution in [2.45, 2.75) is 39.4 Å². The Balaban J connectivity index is 0. The summed E-state index contributed by atoms with van der Waals surface area (Å²) in [6, 6.07) is 7.20. The van der Waals surface area contributed by atoms with Gasteiger partial charge in [-0.1, -0.05) is 20.8 Å². The molecule has 138 valence electrons. The summed E-state index contributed by atoms with van der Waals surface area (Å²) in [6.45, 7) is 15.6. The van der Waals surface area contributed by atoms with Crippen molar-refractivity contribution in [1.29, 1.82) is 0 Å². The summed E-state index contributed by atoms with van der Waals surface area (Å²) in [4.78, 5) is 11.2. The van der Waals surface area contributed by atoms with E-state index in [1.165, 1.54) is 36.0 Å². The zero-order valence-corrected chi connectivity index (χ0v) is 19.2. The first-order valence-corrected chi connectivity index (χ1v) is 8.88. The van der Waals surface area contributed by atoms with E-state index in [4.69, 9.17) is 5.21 Å². The van der Waals surface area contributed by atoms with Crippen LogP contribution in [-0.4, -0.2) is 41.7 Å². The van der Waals surface area contributed by atoms with Crippen LogP contribution in [0.15, 0.2) is 12.1 Å². The molecule has 6 nitrogen and oxygen atoms in total. The number of nitrogens with one attached hydrogen (secondary N) is 1. The molecule has 0 unspecified atom stereocenters. The van der Waals surface area contributed by atoms with Crippen molar-refractivity contribution in [3.63, 3.8) is 0 Å². The fourth-order valence-electron chi connectivity index (χ4n) is 1.75. The number of hydrogen-bond donors (Lipinski definition) is 2. The fraction of sp³-hybridized carbons (Fsp3) is 0.471. The SMILES string of the molecule is Cc1[c-]ccc(C)c1C.[CH2-]CN(C[CH2-])S(=O)(=O)C(C)(C)C(=O)NO.[Y+3]. The largest absolute Gasteiger partial charge is 3.00 e. The Morgan fingerprint density at radius 1 is 1.28 bits per heavy atom. The van der Waals surface area contributed by atoms with Gasteiger partial charge < -0.3 is 13.8 Å². The molecule has 0 aliphatic heterocycles. The first-order chi connectivity index (χ1) is 11.0. The molecule has 1 rings (SSSR count). The van der Waals surface area contributed by atoms with Crippen LogP contribution >= 0.6 is 0 Å². The monoisotopic (exact) mass is 444 g/mol. The molecule has 0 aromatic heterocycles. The van der Waals surface area contributed by atoms with Crippen LogP contribution in [0, 0.1) is 40.7 Å². The average Bonchev–Trinajstić information content (AvgIpc) is 2.53. The van der Waals surface area contributed by atoms with Crippen molar-refractivity contribution in [3.05, 3.63) is 48.7 Å². The van der Waals surface area contributed by atoms with Gasteiger partial charge in [-0.3, -0.25) is 14.3 Å². The van der Waals surface area contributed by atoms with Crippen molar-refractivity contribution in [3.8, 4) is 0 Å². The molecular weight excluding hydrogens is 417 g/mol. The van der Waals surface area contributed by atoms with Gasteiger partial charge >= 0.3 is 32.7 Å². The van der Waals surface area contributed by atoms with Crippen molar-refractivity contribution < 1.29 is 51.1 Å². The number of carbonyl (C=O) groups is 1. The van der Waals surface area contributed by atoms with Gasteiger partial charge in [0, 0.05) is 0 Å². The van der Waals surface area contributed by atoms with E-state index in [0.29, 0.717) is 0 Å². The maximum Gasteiger partial charge on any atom is 3.00 e. The van der Waals surface area contributed by atoms with E-state index in [9.17, 15) is 13.2 Å². The van der Waals surface area contributed by atoms with E-state index in [2.05, 4.69) is 46.8 Å². The Labute approximate surface area is 177 Å². The molecule has 0 fully saturated rings. The molecule has 0 saturated heterocycles. The number of rotatable bonds is 5. The third kappa shape index (κ3) is 6.72. The molecule has 2 N–H and O–H groups in total. The predicted molar refractivity (Wildman–Crippen MR) is 94.7 cm³/mol. The maximum absolute atomic E-state index is 11.9. The van der Waals surface area contributed by atoms with E-state index in [-0.39, 0.29) is 45.8 Å². The molecule has 1 aromatic carbocycles. The number of amides is 1. The second-order valence-corrected chi connectivity index (χ2v) is 8.25. The molecule has 0 radical (unpaired) electrons. The molecule has 8 heteroatoms. The zero-order chi connectivity index (χ0) is 19.1. The second-order valence-electron chi connectivity index (χ2n) is 5.77. The van der Waals surface area contributed by atoms with E-state index >= 15 is 0 Å². The van der Waals surface area contributed by atoms with Crippen LogP contribution in [0.5, 0.6) is 0 Å². The molecule has 0 heterocycles. The standard InChI is InChI=1S/C9H11.C8H16N2O4S.Y/c1-7-5-4-6-8(2)9(7)3;1-5-10(6-2)15(13,14)8(3,4)7(11)9-12;/h4-5H,1-3H3;12H,1-2,5-6H2,3-4H3,(H,9,11);/q-1;-2;+3. The molecular formula is C17H27N2O4SY. The summed E-state index contributed by atoms with van der Waals surface area (Å²) in [5.41, 5.74) is 5.30. The molecule has 0 atom stereocenters. The quantitative estimate of drug-likeness (QED) is 0.413. The number of carbonyl (C=O) groups excluding carboxylic acids is 1. The van der Waals surface area contributed by atoms with E-state index < -0.39 is 20.7 Å². The minimum Gasteiger partial charge on any atom is -0.329 e. The molecule has 0 aliphatic rings. The van der Waals surface area contributed by atoms with Gasteiger partial charge in [0.1, 0.15) is 0 Å². The Kier molecular flexibility index (Phi) is 12.3. The molecule has 0 saturated carbocycles. The summed E-state index contributed by atoms with van der Waals surface area (Å²) >= 11 is 0. The summed E-state index contributed by atoms with van der Waals surface area (Å²) in [7, 11) is -3.88. The van der Waals surface area contributed by atoms with Gasteiger partial charge in [-0.2, -0.15) is 34.9 Å². The molecule has 0 spiro atoms. The Morgan fingerprint density at radius 3 is 2.08 bits per heavy atom. The van der Waals surface area contributed by atoms with Crippen molar-refractivity contribution in [1.82, 2.24) is 9.79 Å². The third-order valence-corrected chi connectivity index (χ3v) is 6.44. The summed E-state index contributed by atoms with van der Waals surface area (Å²) in [5.74, 6) is -0.991. The van der Waals surface area contributed by atoms with Crippen LogP contribution in [-0.2, 0) is 47.5 Å². The Hall–Kier alpha value is -0.336. The van der Waals surface area contributed by atoms with Crippen molar-refractivity contribution in [2.24, 2.45) is 0 Å². The number of hydroxylamine groups is 1. The summed E-state index contributed by atoms with van der Waals surface area (Å²) in [5, 5.41) is 8.45. The second kappa shape index (κ2) is 11.4. The van der Waals surface area contributed by atoms with Gasteiger partial charge in [0.25, 0.3) is 5.91 Å². The fourth-order valence-corrected chi connectivity index (χ4v) is 3.15. The van der Waals surface area contributed by atoms with Crippen LogP contribution in [0.3, 0.4) is 0 Å². The van der Waals surface area contributed by atoms with Crippen LogP contribution in [0.25, 0.3) is 0 Å². The van der Waals surface area contributed by atoms with E-state index in [1.807, 2.05) is 6.07 Å². The molecule has 25 heavy (non-hydrogen) atoms. The van der Waals surface area contributed by atoms with Gasteiger partial charge in [0.2, 0.25) is 10.0 Å². The van der Waals surface area contributed by atoms with Gasteiger partial charge in [-0.05, 0) is 13.8 Å². The summed E-state index contributed by atoms with van der Waals surface area (Å²) < 4.78 is 23.0. The number of aryl methyl sites for hydroxylation is 2. The number of nitrogens with zero attached hydrogens (tertiary/aromatic N) is 1. The number of benzene rings is 1. The Morgan fingerprint density at radius 2 is 1.76 bits per heavy atom. The third-order valence-electron chi connectivity index (χ3n) is 3.92. The maximum atomic E-state index is 11.9. The minimum atomic E-state index is -3.88. The summed E-state index contributed by atoms with van der Waals surface area (Å²) in [6.07, 6.45) is 0. The van der Waals surface area contributed by atoms with Crippen LogP contribution in [0.1, 0.15) is 30.5 Å². The van der Waals surface area contributed by atoms with Gasteiger partial charge in [-0.15, -0.1) is 13.1 Å². The van der Waals surface area contributed by atoms with Crippen molar-refractivity contribution in [2.75, 3.05) is 13.1 Å².